The molecule has 0 saturated heterocycles. The zero-order valence-corrected chi connectivity index (χ0v) is 10.2. The quantitative estimate of drug-likeness (QED) is 0.738. The minimum Gasteiger partial charge on any atom is -0.481 e. The van der Waals surface area contributed by atoms with Gasteiger partial charge in [0.25, 0.3) is 5.95 Å². The molecular weight excluding hydrogens is 250 g/mol. The minimum absolute atomic E-state index is 0.00716. The molecule has 0 spiro atoms. The van der Waals surface area contributed by atoms with E-state index >= 15 is 0 Å². The second kappa shape index (κ2) is 6.07. The topological polar surface area (TPSA) is 117 Å². The van der Waals surface area contributed by atoms with E-state index in [1.54, 1.807) is 0 Å². The molecule has 1 aromatic heterocycles. The van der Waals surface area contributed by atoms with Gasteiger partial charge in [-0.3, -0.25) is 10.1 Å². The Kier molecular flexibility index (Phi) is 4.22. The number of hydrogen-bond donors (Lipinski definition) is 3. The van der Waals surface area contributed by atoms with Crippen molar-refractivity contribution < 1.29 is 14.7 Å². The third kappa shape index (κ3) is 3.87. The molecule has 102 valence electrons. The Balaban J connectivity index is 1.76. The van der Waals surface area contributed by atoms with Gasteiger partial charge < -0.3 is 10.4 Å². The average Bonchev–Trinajstić information content (AvgIpc) is 2.40. The third-order valence-corrected chi connectivity index (χ3v) is 3.12. The van der Waals surface area contributed by atoms with Gasteiger partial charge in [0.2, 0.25) is 0 Å². The van der Waals surface area contributed by atoms with Crippen LogP contribution in [0.3, 0.4) is 0 Å². The first-order chi connectivity index (χ1) is 9.15. The van der Waals surface area contributed by atoms with Crippen molar-refractivity contribution >= 4 is 17.9 Å². The molecule has 0 atom stereocenters. The fraction of sp³-hybridized carbons (Fsp3) is 0.545. The molecule has 0 aromatic carbocycles. The lowest BCUT2D eigenvalue weighted by Gasteiger charge is -2.26. The van der Waals surface area contributed by atoms with Gasteiger partial charge in [-0.25, -0.2) is 9.78 Å². The van der Waals surface area contributed by atoms with Crippen molar-refractivity contribution in [1.29, 1.82) is 0 Å². The Morgan fingerprint density at radius 1 is 1.21 bits per heavy atom. The van der Waals surface area contributed by atoms with E-state index in [1.165, 1.54) is 12.4 Å². The van der Waals surface area contributed by atoms with Crippen LogP contribution in [0.2, 0.25) is 0 Å². The molecule has 1 saturated carbocycles. The second-order valence-corrected chi connectivity index (χ2v) is 4.45. The molecule has 1 aromatic rings. The molecule has 8 heteroatoms. The van der Waals surface area contributed by atoms with Gasteiger partial charge in [-0.2, -0.15) is 5.10 Å². The Morgan fingerprint density at radius 2 is 1.95 bits per heavy atom. The summed E-state index contributed by atoms with van der Waals surface area (Å²) in [6, 6.07) is -0.404. The normalized spacial score (nSPS) is 22.5. The molecule has 0 aliphatic heterocycles. The molecule has 0 bridgehead atoms. The molecule has 1 aliphatic carbocycles. The number of aliphatic carboxylic acids is 1. The Bertz CT molecular complexity index is 445. The van der Waals surface area contributed by atoms with Gasteiger partial charge in [0.1, 0.15) is 0 Å². The lowest BCUT2D eigenvalue weighted by Crippen LogP contribution is -2.41. The number of aromatic nitrogens is 3. The number of hydrogen-bond acceptors (Lipinski definition) is 5. The van der Waals surface area contributed by atoms with Crippen molar-refractivity contribution in [3.63, 3.8) is 0 Å². The summed E-state index contributed by atoms with van der Waals surface area (Å²) in [7, 11) is 0. The summed E-state index contributed by atoms with van der Waals surface area (Å²) < 4.78 is 0. The van der Waals surface area contributed by atoms with Crippen molar-refractivity contribution in [3.8, 4) is 0 Å². The van der Waals surface area contributed by atoms with Crippen molar-refractivity contribution in [1.82, 2.24) is 20.5 Å². The fourth-order valence-electron chi connectivity index (χ4n) is 2.11. The van der Waals surface area contributed by atoms with Gasteiger partial charge in [-0.05, 0) is 25.7 Å². The number of carbonyl (C=O) groups is 2. The van der Waals surface area contributed by atoms with E-state index in [9.17, 15) is 9.59 Å². The van der Waals surface area contributed by atoms with Crippen LogP contribution in [-0.2, 0) is 4.79 Å². The standard InChI is InChI=1S/C11H15N5O3/c17-9(18)7-1-3-8(4-2-7)14-11(19)15-10-12-5-6-13-16-10/h5-8H,1-4H2,(H,17,18)(H2,12,14,15,16,19). The number of urea groups is 1. The molecule has 0 radical (unpaired) electrons. The van der Waals surface area contributed by atoms with Crippen LogP contribution in [0.4, 0.5) is 10.7 Å². The highest BCUT2D eigenvalue weighted by Crippen LogP contribution is 2.24. The minimum atomic E-state index is -0.758. The molecule has 0 unspecified atom stereocenters. The van der Waals surface area contributed by atoms with E-state index < -0.39 is 12.0 Å². The maximum atomic E-state index is 11.6. The fourth-order valence-corrected chi connectivity index (χ4v) is 2.11. The van der Waals surface area contributed by atoms with Gasteiger partial charge in [0.05, 0.1) is 18.3 Å². The number of amides is 2. The Morgan fingerprint density at radius 3 is 2.53 bits per heavy atom. The highest BCUT2D eigenvalue weighted by Gasteiger charge is 2.26. The number of nitrogens with zero attached hydrogens (tertiary/aromatic N) is 3. The zero-order chi connectivity index (χ0) is 13.7. The SMILES string of the molecule is O=C(Nc1nccnn1)NC1CCC(C(=O)O)CC1. The van der Waals surface area contributed by atoms with Crippen LogP contribution in [0.15, 0.2) is 12.4 Å². The maximum absolute atomic E-state index is 11.6. The van der Waals surface area contributed by atoms with Gasteiger partial charge >= 0.3 is 12.0 Å². The molecular formula is C11H15N5O3. The Hall–Kier alpha value is -2.25. The van der Waals surface area contributed by atoms with E-state index in [4.69, 9.17) is 5.11 Å². The summed E-state index contributed by atoms with van der Waals surface area (Å²) in [6.07, 6.45) is 5.35. The number of carboxylic acid groups (broad SMARTS) is 1. The predicted octanol–water partition coefficient (Wildman–Crippen LogP) is 0.636. The first-order valence-electron chi connectivity index (χ1n) is 6.09. The largest absolute Gasteiger partial charge is 0.481 e. The molecule has 2 rings (SSSR count). The number of rotatable bonds is 3. The molecule has 1 fully saturated rings. The van der Waals surface area contributed by atoms with Crippen molar-refractivity contribution in [2.24, 2.45) is 5.92 Å². The third-order valence-electron chi connectivity index (χ3n) is 3.12. The van der Waals surface area contributed by atoms with Gasteiger partial charge in [-0.15, -0.1) is 5.10 Å². The zero-order valence-electron chi connectivity index (χ0n) is 10.2. The molecule has 8 nitrogen and oxygen atoms in total. The highest BCUT2D eigenvalue weighted by molar-refractivity contribution is 5.87. The monoisotopic (exact) mass is 265 g/mol. The van der Waals surface area contributed by atoms with E-state index in [-0.39, 0.29) is 17.9 Å². The summed E-state index contributed by atoms with van der Waals surface area (Å²) in [5.41, 5.74) is 0. The van der Waals surface area contributed by atoms with E-state index in [2.05, 4.69) is 25.8 Å². The molecule has 3 N–H and O–H groups in total. The van der Waals surface area contributed by atoms with Crippen molar-refractivity contribution in [3.05, 3.63) is 12.4 Å². The molecule has 19 heavy (non-hydrogen) atoms. The summed E-state index contributed by atoms with van der Waals surface area (Å²) in [5.74, 6) is -0.909. The number of carboxylic acids is 1. The van der Waals surface area contributed by atoms with Gasteiger partial charge in [-0.1, -0.05) is 0 Å². The number of nitrogens with one attached hydrogen (secondary N) is 2. The number of anilines is 1. The lowest BCUT2D eigenvalue weighted by molar-refractivity contribution is -0.142. The maximum Gasteiger partial charge on any atom is 0.321 e. The number of carbonyl (C=O) groups excluding carboxylic acids is 1. The molecule has 1 heterocycles. The average molecular weight is 265 g/mol. The van der Waals surface area contributed by atoms with Crippen LogP contribution in [0, 0.1) is 5.92 Å². The summed E-state index contributed by atoms with van der Waals surface area (Å²) in [5, 5.41) is 21.4. The van der Waals surface area contributed by atoms with Crippen LogP contribution in [0.25, 0.3) is 0 Å². The van der Waals surface area contributed by atoms with Crippen molar-refractivity contribution in [2.45, 2.75) is 31.7 Å². The van der Waals surface area contributed by atoms with Crippen LogP contribution in [-0.4, -0.2) is 38.3 Å². The molecule has 1 aliphatic rings. The first kappa shape index (κ1) is 13.2. The predicted molar refractivity (Wildman–Crippen MR) is 65.4 cm³/mol. The summed E-state index contributed by atoms with van der Waals surface area (Å²) in [6.45, 7) is 0. The lowest BCUT2D eigenvalue weighted by atomic mass is 9.86. The first-order valence-corrected chi connectivity index (χ1v) is 6.09. The smallest absolute Gasteiger partial charge is 0.321 e. The van der Waals surface area contributed by atoms with Crippen molar-refractivity contribution in [2.75, 3.05) is 5.32 Å². The van der Waals surface area contributed by atoms with Gasteiger partial charge in [0, 0.05) is 6.04 Å². The summed E-state index contributed by atoms with van der Waals surface area (Å²) >= 11 is 0. The van der Waals surface area contributed by atoms with E-state index in [0.29, 0.717) is 25.7 Å². The van der Waals surface area contributed by atoms with E-state index in [0.717, 1.165) is 0 Å². The molecule has 2 amide bonds. The van der Waals surface area contributed by atoms with Crippen LogP contribution in [0.1, 0.15) is 25.7 Å². The second-order valence-electron chi connectivity index (χ2n) is 4.45. The van der Waals surface area contributed by atoms with Crippen LogP contribution in [0.5, 0.6) is 0 Å². The highest BCUT2D eigenvalue weighted by atomic mass is 16.4. The summed E-state index contributed by atoms with van der Waals surface area (Å²) in [4.78, 5) is 26.3. The van der Waals surface area contributed by atoms with Crippen LogP contribution < -0.4 is 10.6 Å². The van der Waals surface area contributed by atoms with Gasteiger partial charge in [0.15, 0.2) is 0 Å². The van der Waals surface area contributed by atoms with E-state index in [1.807, 2.05) is 0 Å². The Labute approximate surface area is 109 Å². The van der Waals surface area contributed by atoms with Crippen LogP contribution >= 0.6 is 0 Å².